The largest absolute Gasteiger partial charge is 0.377 e. The minimum Gasteiger partial charge on any atom is -0.377 e. The minimum atomic E-state index is -0.324. The smallest absolute Gasteiger partial charge is 0.124 e. The van der Waals surface area contributed by atoms with Crippen molar-refractivity contribution in [2.24, 2.45) is 5.84 Å². The van der Waals surface area contributed by atoms with Crippen molar-refractivity contribution in [2.75, 3.05) is 7.11 Å². The van der Waals surface area contributed by atoms with Crippen molar-refractivity contribution in [3.05, 3.63) is 34.6 Å². The lowest BCUT2D eigenvalue weighted by Crippen LogP contribution is -2.56. The van der Waals surface area contributed by atoms with Crippen molar-refractivity contribution >= 4 is 11.6 Å². The van der Waals surface area contributed by atoms with Gasteiger partial charge in [-0.3, -0.25) is 11.3 Å². The van der Waals surface area contributed by atoms with Crippen LogP contribution in [0.15, 0.2) is 18.2 Å². The molecule has 1 atom stereocenters. The van der Waals surface area contributed by atoms with E-state index in [1.807, 2.05) is 0 Å². The van der Waals surface area contributed by atoms with E-state index >= 15 is 0 Å². The van der Waals surface area contributed by atoms with Gasteiger partial charge in [0.05, 0.1) is 11.6 Å². The summed E-state index contributed by atoms with van der Waals surface area (Å²) in [7, 11) is 1.74. The molecule has 0 saturated heterocycles. The van der Waals surface area contributed by atoms with Crippen molar-refractivity contribution in [1.82, 2.24) is 5.43 Å². The monoisotopic (exact) mass is 300 g/mol. The molecular weight excluding hydrogens is 279 g/mol. The molecule has 0 aromatic heterocycles. The summed E-state index contributed by atoms with van der Waals surface area (Å²) in [6.45, 7) is 0. The van der Waals surface area contributed by atoms with Crippen LogP contribution in [-0.2, 0) is 11.2 Å². The topological polar surface area (TPSA) is 47.3 Å². The summed E-state index contributed by atoms with van der Waals surface area (Å²) in [5.74, 6) is 5.42. The Balaban J connectivity index is 2.18. The molecular formula is C15H22ClFN2O. The van der Waals surface area contributed by atoms with Crippen LogP contribution in [0.25, 0.3) is 0 Å². The summed E-state index contributed by atoms with van der Waals surface area (Å²) in [6, 6.07) is 4.45. The maximum Gasteiger partial charge on any atom is 0.124 e. The molecule has 0 heterocycles. The zero-order valence-corrected chi connectivity index (χ0v) is 12.5. The van der Waals surface area contributed by atoms with Crippen LogP contribution in [0.5, 0.6) is 0 Å². The van der Waals surface area contributed by atoms with Crippen molar-refractivity contribution < 1.29 is 9.13 Å². The Labute approximate surface area is 124 Å². The highest BCUT2D eigenvalue weighted by Crippen LogP contribution is 2.35. The SMILES string of the molecule is COC1(C(Cc2ccc(F)cc2Cl)NN)CCCCC1. The minimum absolute atomic E-state index is 0.0317. The number of nitrogens with two attached hydrogens (primary N) is 1. The third-order valence-corrected chi connectivity index (χ3v) is 4.73. The fourth-order valence-corrected chi connectivity index (χ4v) is 3.39. The first kappa shape index (κ1) is 15.7. The fourth-order valence-electron chi connectivity index (χ4n) is 3.15. The molecule has 20 heavy (non-hydrogen) atoms. The Morgan fingerprint density at radius 2 is 2.10 bits per heavy atom. The second-order valence-electron chi connectivity index (χ2n) is 5.49. The van der Waals surface area contributed by atoms with Crippen molar-refractivity contribution in [3.63, 3.8) is 0 Å². The molecule has 1 unspecified atom stereocenters. The van der Waals surface area contributed by atoms with E-state index in [1.165, 1.54) is 18.6 Å². The van der Waals surface area contributed by atoms with Crippen LogP contribution in [0.2, 0.25) is 5.02 Å². The van der Waals surface area contributed by atoms with Gasteiger partial charge in [0.2, 0.25) is 0 Å². The number of hydrogen-bond acceptors (Lipinski definition) is 3. The molecule has 1 aromatic carbocycles. The fraction of sp³-hybridized carbons (Fsp3) is 0.600. The van der Waals surface area contributed by atoms with E-state index in [0.29, 0.717) is 11.4 Å². The normalized spacial score (nSPS) is 19.8. The van der Waals surface area contributed by atoms with Gasteiger partial charge < -0.3 is 4.74 Å². The summed E-state index contributed by atoms with van der Waals surface area (Å²) in [4.78, 5) is 0. The molecule has 0 radical (unpaired) electrons. The molecule has 0 aliphatic heterocycles. The van der Waals surface area contributed by atoms with Gasteiger partial charge in [0, 0.05) is 12.1 Å². The maximum absolute atomic E-state index is 13.1. The van der Waals surface area contributed by atoms with E-state index in [9.17, 15) is 4.39 Å². The number of methoxy groups -OCH3 is 1. The number of hydrazine groups is 1. The molecule has 1 aromatic rings. The summed E-state index contributed by atoms with van der Waals surface area (Å²) in [5, 5.41) is 0.437. The first-order valence-corrected chi connectivity index (χ1v) is 7.44. The van der Waals surface area contributed by atoms with Gasteiger partial charge in [-0.2, -0.15) is 0 Å². The lowest BCUT2D eigenvalue weighted by molar-refractivity contribution is -0.0673. The highest BCUT2D eigenvalue weighted by molar-refractivity contribution is 6.31. The van der Waals surface area contributed by atoms with Crippen molar-refractivity contribution in [3.8, 4) is 0 Å². The van der Waals surface area contributed by atoms with E-state index in [0.717, 1.165) is 31.2 Å². The van der Waals surface area contributed by atoms with Gasteiger partial charge in [-0.15, -0.1) is 0 Å². The number of ether oxygens (including phenoxy) is 1. The number of hydrogen-bond donors (Lipinski definition) is 2. The molecule has 1 aliphatic rings. The van der Waals surface area contributed by atoms with Crippen LogP contribution in [0.4, 0.5) is 4.39 Å². The van der Waals surface area contributed by atoms with E-state index < -0.39 is 0 Å². The Morgan fingerprint density at radius 1 is 1.40 bits per heavy atom. The lowest BCUT2D eigenvalue weighted by atomic mass is 9.77. The van der Waals surface area contributed by atoms with E-state index in [1.54, 1.807) is 13.2 Å². The Hall–Kier alpha value is -0.680. The number of rotatable bonds is 5. The lowest BCUT2D eigenvalue weighted by Gasteiger charge is -2.42. The third kappa shape index (κ3) is 3.31. The molecule has 3 N–H and O–H groups in total. The van der Waals surface area contributed by atoms with E-state index in [-0.39, 0.29) is 17.5 Å². The summed E-state index contributed by atoms with van der Waals surface area (Å²) in [5.41, 5.74) is 3.50. The van der Waals surface area contributed by atoms with Crippen LogP contribution >= 0.6 is 11.6 Å². The summed E-state index contributed by atoms with van der Waals surface area (Å²) in [6.07, 6.45) is 6.11. The van der Waals surface area contributed by atoms with Gasteiger partial charge in [-0.25, -0.2) is 4.39 Å². The Morgan fingerprint density at radius 3 is 2.65 bits per heavy atom. The Bertz CT molecular complexity index is 449. The second-order valence-corrected chi connectivity index (χ2v) is 5.90. The Kier molecular flexibility index (Phi) is 5.38. The van der Waals surface area contributed by atoms with Gasteiger partial charge in [-0.1, -0.05) is 36.9 Å². The van der Waals surface area contributed by atoms with Gasteiger partial charge in [-0.05, 0) is 37.0 Å². The van der Waals surface area contributed by atoms with Gasteiger partial charge in [0.25, 0.3) is 0 Å². The second kappa shape index (κ2) is 6.85. The predicted molar refractivity (Wildman–Crippen MR) is 79.1 cm³/mol. The number of halogens is 2. The van der Waals surface area contributed by atoms with E-state index in [2.05, 4.69) is 5.43 Å². The molecule has 0 bridgehead atoms. The summed E-state index contributed by atoms with van der Waals surface area (Å²) >= 11 is 6.11. The first-order chi connectivity index (χ1) is 9.61. The van der Waals surface area contributed by atoms with E-state index in [4.69, 9.17) is 22.2 Å². The molecule has 1 aliphatic carbocycles. The molecule has 0 spiro atoms. The van der Waals surface area contributed by atoms with Gasteiger partial charge in [0.1, 0.15) is 5.82 Å². The van der Waals surface area contributed by atoms with Crippen molar-refractivity contribution in [1.29, 1.82) is 0 Å². The molecule has 0 amide bonds. The first-order valence-electron chi connectivity index (χ1n) is 7.06. The highest BCUT2D eigenvalue weighted by atomic mass is 35.5. The standard InChI is InChI=1S/C15H22ClFN2O/c1-20-15(7-3-2-4-8-15)14(19-18)9-11-5-6-12(17)10-13(11)16/h5-6,10,14,19H,2-4,7-9,18H2,1H3. The van der Waals surface area contributed by atoms with Crippen LogP contribution in [0.3, 0.4) is 0 Å². The molecule has 3 nitrogen and oxygen atoms in total. The molecule has 1 fully saturated rings. The van der Waals surface area contributed by atoms with Crippen molar-refractivity contribution in [2.45, 2.75) is 50.2 Å². The maximum atomic E-state index is 13.1. The molecule has 2 rings (SSSR count). The highest BCUT2D eigenvalue weighted by Gasteiger charge is 2.39. The summed E-state index contributed by atoms with van der Waals surface area (Å²) < 4.78 is 18.9. The zero-order valence-electron chi connectivity index (χ0n) is 11.8. The van der Waals surface area contributed by atoms with Gasteiger partial charge in [0.15, 0.2) is 0 Å². The molecule has 1 saturated carbocycles. The molecule has 112 valence electrons. The third-order valence-electron chi connectivity index (χ3n) is 4.38. The zero-order chi connectivity index (χ0) is 14.6. The average molecular weight is 301 g/mol. The van der Waals surface area contributed by atoms with Crippen LogP contribution in [0, 0.1) is 5.82 Å². The van der Waals surface area contributed by atoms with Gasteiger partial charge >= 0.3 is 0 Å². The van der Waals surface area contributed by atoms with Crippen LogP contribution < -0.4 is 11.3 Å². The number of benzene rings is 1. The van der Waals surface area contributed by atoms with Crippen LogP contribution in [0.1, 0.15) is 37.7 Å². The average Bonchev–Trinajstić information content (AvgIpc) is 2.47. The number of nitrogens with one attached hydrogen (secondary N) is 1. The van der Waals surface area contributed by atoms with Crippen LogP contribution in [-0.4, -0.2) is 18.8 Å². The quantitative estimate of drug-likeness (QED) is 0.648. The predicted octanol–water partition coefficient (Wildman–Crippen LogP) is 3.20. The molecule has 5 heteroatoms.